The molecule has 0 aromatic carbocycles. The molecule has 0 aromatic heterocycles. The maximum atomic E-state index is 11.9. The third kappa shape index (κ3) is 53.0. The zero-order valence-electron chi connectivity index (χ0n) is 37.2. The highest BCUT2D eigenvalue weighted by atomic mass is 16.6. The third-order valence-corrected chi connectivity index (χ3v) is 8.77. The summed E-state index contributed by atoms with van der Waals surface area (Å²) in [6.45, 7) is 17.0. The molecule has 0 aromatic rings. The number of rotatable bonds is 53. The van der Waals surface area contributed by atoms with E-state index in [2.05, 4.69) is 6.92 Å². The minimum absolute atomic E-state index is 0.131. The lowest BCUT2D eigenvalue weighted by Crippen LogP contribution is -2.15. The molecule has 0 spiro atoms. The minimum Gasteiger partial charge on any atom is -0.463 e. The van der Waals surface area contributed by atoms with E-state index >= 15 is 0 Å². The van der Waals surface area contributed by atoms with E-state index in [4.69, 9.17) is 61.6 Å². The lowest BCUT2D eigenvalue weighted by Gasteiger charge is -2.09. The predicted octanol–water partition coefficient (Wildman–Crippen LogP) is 7.01. The molecule has 0 saturated carbocycles. The number of carbonyl (C=O) groups is 1. The van der Waals surface area contributed by atoms with Gasteiger partial charge in [0.1, 0.15) is 6.61 Å². The fourth-order valence-corrected chi connectivity index (χ4v) is 5.49. The molecule has 0 rings (SSSR count). The van der Waals surface area contributed by atoms with Gasteiger partial charge in [-0.05, 0) is 13.3 Å². The number of esters is 1. The molecule has 14 heteroatoms. The van der Waals surface area contributed by atoms with E-state index in [9.17, 15) is 4.79 Å². The summed E-state index contributed by atoms with van der Waals surface area (Å²) in [6, 6.07) is 0. The highest BCUT2D eigenvalue weighted by Crippen LogP contribution is 2.14. The van der Waals surface area contributed by atoms with Crippen molar-refractivity contribution < 1.29 is 66.4 Å². The Bertz CT molecular complexity index is 751. The fourth-order valence-electron chi connectivity index (χ4n) is 5.49. The summed E-state index contributed by atoms with van der Waals surface area (Å²) in [5, 5.41) is 0. The van der Waals surface area contributed by atoms with Gasteiger partial charge in [0.15, 0.2) is 0 Å². The van der Waals surface area contributed by atoms with E-state index in [1.165, 1.54) is 83.5 Å². The van der Waals surface area contributed by atoms with Gasteiger partial charge in [0.05, 0.1) is 152 Å². The Labute approximate surface area is 353 Å². The molecule has 0 N–H and O–H groups in total. The van der Waals surface area contributed by atoms with Gasteiger partial charge >= 0.3 is 5.97 Å². The van der Waals surface area contributed by atoms with Crippen LogP contribution in [-0.4, -0.2) is 171 Å². The average Bonchev–Trinajstić information content (AvgIpc) is 3.23. The number of ether oxygens (including phenoxy) is 13. The van der Waals surface area contributed by atoms with Crippen LogP contribution in [0.25, 0.3) is 0 Å². The van der Waals surface area contributed by atoms with Gasteiger partial charge in [-0.25, -0.2) is 0 Å². The standard InChI is InChI=1S/C44H88O14/c1-3-5-6-7-8-9-10-11-12-13-14-15-16-17-18-19-44(45)58-43-42-57-41-40-56-39-38-55-37-36-54-35-34-53-33-32-52-31-30-51-29-28-50-27-26-49-25-24-48-23-22-47-21-20-46-4-2/h3-43H2,1-2H3. The van der Waals surface area contributed by atoms with Gasteiger partial charge in [0.25, 0.3) is 0 Å². The summed E-state index contributed by atoms with van der Waals surface area (Å²) in [4.78, 5) is 11.9. The van der Waals surface area contributed by atoms with Crippen LogP contribution in [0.2, 0.25) is 0 Å². The van der Waals surface area contributed by atoms with E-state index < -0.39 is 0 Å². The molecule has 0 aliphatic carbocycles. The van der Waals surface area contributed by atoms with Crippen molar-refractivity contribution >= 4 is 5.97 Å². The van der Waals surface area contributed by atoms with E-state index in [1.807, 2.05) is 6.92 Å². The lowest BCUT2D eigenvalue weighted by atomic mass is 10.0. The average molecular weight is 841 g/mol. The van der Waals surface area contributed by atoms with Crippen LogP contribution in [0.1, 0.15) is 117 Å². The van der Waals surface area contributed by atoms with Crippen molar-refractivity contribution in [2.24, 2.45) is 0 Å². The van der Waals surface area contributed by atoms with Crippen LogP contribution >= 0.6 is 0 Å². The Morgan fingerprint density at radius 3 is 0.707 bits per heavy atom. The van der Waals surface area contributed by atoms with Crippen molar-refractivity contribution in [1.82, 2.24) is 0 Å². The first-order valence-corrected chi connectivity index (χ1v) is 22.9. The molecule has 348 valence electrons. The fraction of sp³-hybridized carbons (Fsp3) is 0.977. The summed E-state index contributed by atoms with van der Waals surface area (Å²) >= 11 is 0. The molecule has 0 heterocycles. The van der Waals surface area contributed by atoms with Gasteiger partial charge < -0.3 is 61.6 Å². The summed E-state index contributed by atoms with van der Waals surface area (Å²) in [7, 11) is 0. The van der Waals surface area contributed by atoms with Gasteiger partial charge in [-0.3, -0.25) is 4.79 Å². The van der Waals surface area contributed by atoms with Crippen LogP contribution in [0.5, 0.6) is 0 Å². The third-order valence-electron chi connectivity index (χ3n) is 8.77. The van der Waals surface area contributed by atoms with E-state index in [0.29, 0.717) is 165 Å². The van der Waals surface area contributed by atoms with Crippen molar-refractivity contribution in [2.45, 2.75) is 117 Å². The second-order valence-corrected chi connectivity index (χ2v) is 13.9. The number of unbranched alkanes of at least 4 members (excludes halogenated alkanes) is 14. The van der Waals surface area contributed by atoms with Crippen LogP contribution in [0, 0.1) is 0 Å². The van der Waals surface area contributed by atoms with Crippen LogP contribution in [0.3, 0.4) is 0 Å². The molecule has 14 nitrogen and oxygen atoms in total. The van der Waals surface area contributed by atoms with Gasteiger partial charge in [-0.15, -0.1) is 0 Å². The molecule has 0 radical (unpaired) electrons. The molecule has 0 bridgehead atoms. The Morgan fingerprint density at radius 1 is 0.259 bits per heavy atom. The van der Waals surface area contributed by atoms with Gasteiger partial charge in [-0.1, -0.05) is 96.8 Å². The predicted molar refractivity (Wildman–Crippen MR) is 226 cm³/mol. The molecular formula is C44H88O14. The molecular weight excluding hydrogens is 752 g/mol. The maximum absolute atomic E-state index is 11.9. The quantitative estimate of drug-likeness (QED) is 0.0459. The van der Waals surface area contributed by atoms with Crippen LogP contribution in [-0.2, 0) is 66.4 Å². The minimum atomic E-state index is -0.131. The molecule has 0 saturated heterocycles. The first-order chi connectivity index (χ1) is 28.8. The molecule has 0 atom stereocenters. The van der Waals surface area contributed by atoms with Crippen molar-refractivity contribution in [3.05, 3.63) is 0 Å². The molecule has 0 aliphatic heterocycles. The first-order valence-electron chi connectivity index (χ1n) is 22.9. The van der Waals surface area contributed by atoms with Crippen LogP contribution in [0.4, 0.5) is 0 Å². The number of hydrogen-bond donors (Lipinski definition) is 0. The number of carbonyl (C=O) groups excluding carboxylic acids is 1. The van der Waals surface area contributed by atoms with E-state index in [0.717, 1.165) is 12.8 Å². The summed E-state index contributed by atoms with van der Waals surface area (Å²) in [5.41, 5.74) is 0. The van der Waals surface area contributed by atoms with Crippen molar-refractivity contribution in [2.75, 3.05) is 165 Å². The molecule has 0 amide bonds. The lowest BCUT2D eigenvalue weighted by molar-refractivity contribution is -0.145. The van der Waals surface area contributed by atoms with Crippen molar-refractivity contribution in [1.29, 1.82) is 0 Å². The van der Waals surface area contributed by atoms with E-state index in [1.54, 1.807) is 0 Å². The summed E-state index contributed by atoms with van der Waals surface area (Å²) in [6.07, 6.45) is 20.2. The zero-order chi connectivity index (χ0) is 41.8. The van der Waals surface area contributed by atoms with Crippen molar-refractivity contribution in [3.63, 3.8) is 0 Å². The Balaban J connectivity index is 3.12. The maximum Gasteiger partial charge on any atom is 0.305 e. The highest BCUT2D eigenvalue weighted by Gasteiger charge is 2.03. The molecule has 0 aliphatic rings. The second kappa shape index (κ2) is 54.0. The Hall–Kier alpha value is -1.01. The number of hydrogen-bond acceptors (Lipinski definition) is 14. The van der Waals surface area contributed by atoms with Gasteiger partial charge in [-0.2, -0.15) is 0 Å². The molecule has 0 fully saturated rings. The first kappa shape index (κ1) is 57.0. The van der Waals surface area contributed by atoms with Crippen LogP contribution in [0.15, 0.2) is 0 Å². The topological polar surface area (TPSA) is 137 Å². The normalized spacial score (nSPS) is 11.6. The molecule has 58 heavy (non-hydrogen) atoms. The smallest absolute Gasteiger partial charge is 0.305 e. The monoisotopic (exact) mass is 841 g/mol. The van der Waals surface area contributed by atoms with Crippen molar-refractivity contribution in [3.8, 4) is 0 Å². The summed E-state index contributed by atoms with van der Waals surface area (Å²) < 4.78 is 70.7. The van der Waals surface area contributed by atoms with Gasteiger partial charge in [0.2, 0.25) is 0 Å². The summed E-state index contributed by atoms with van der Waals surface area (Å²) in [5.74, 6) is -0.131. The van der Waals surface area contributed by atoms with Crippen LogP contribution < -0.4 is 0 Å². The van der Waals surface area contributed by atoms with E-state index in [-0.39, 0.29) is 12.6 Å². The highest BCUT2D eigenvalue weighted by molar-refractivity contribution is 5.69. The second-order valence-electron chi connectivity index (χ2n) is 13.9. The largest absolute Gasteiger partial charge is 0.463 e. The SMILES string of the molecule is CCCCCCCCCCCCCCCCCC(=O)OCCOCCOCCOCCOCCOCCOCCOCCOCCOCCOCCOCCOCC. The van der Waals surface area contributed by atoms with Gasteiger partial charge in [0, 0.05) is 13.0 Å². The Kier molecular flexibility index (Phi) is 53.1. The Morgan fingerprint density at radius 2 is 0.466 bits per heavy atom. The zero-order valence-corrected chi connectivity index (χ0v) is 37.2. The molecule has 0 unspecified atom stereocenters.